The zero-order chi connectivity index (χ0) is 20.5. The number of amides is 2. The Balaban J connectivity index is 1.86. The lowest BCUT2D eigenvalue weighted by Crippen LogP contribution is -2.41. The van der Waals surface area contributed by atoms with E-state index >= 15 is 0 Å². The number of anilines is 1. The zero-order valence-electron chi connectivity index (χ0n) is 15.6. The molecule has 0 spiro atoms. The quantitative estimate of drug-likeness (QED) is 0.537. The monoisotopic (exact) mass is 383 g/mol. The van der Waals surface area contributed by atoms with Gasteiger partial charge in [0.1, 0.15) is 0 Å². The molecule has 5 nitrogen and oxygen atoms in total. The van der Waals surface area contributed by atoms with E-state index in [0.717, 1.165) is 5.56 Å². The van der Waals surface area contributed by atoms with Gasteiger partial charge in [-0.15, -0.1) is 0 Å². The van der Waals surface area contributed by atoms with Crippen molar-refractivity contribution in [3.8, 4) is 0 Å². The predicted octanol–water partition coefficient (Wildman–Crippen LogP) is 4.42. The van der Waals surface area contributed by atoms with E-state index in [1.54, 1.807) is 60.7 Å². The van der Waals surface area contributed by atoms with Crippen molar-refractivity contribution in [2.45, 2.75) is 6.92 Å². The number of fused-ring (bicyclic) bond motifs is 1. The molecule has 1 heterocycles. The van der Waals surface area contributed by atoms with Crippen molar-refractivity contribution in [3.63, 3.8) is 0 Å². The van der Waals surface area contributed by atoms with Gasteiger partial charge in [-0.3, -0.25) is 9.59 Å². The van der Waals surface area contributed by atoms with Crippen LogP contribution in [-0.2, 0) is 4.79 Å². The molecule has 3 aromatic carbocycles. The Labute approximate surface area is 167 Å². The molecule has 2 amide bonds. The highest BCUT2D eigenvalue weighted by molar-refractivity contribution is 6.43. The summed E-state index contributed by atoms with van der Waals surface area (Å²) in [7, 11) is 0. The SMILES string of the molecule is Cc1cccc(N2C(=O)/C(=C\c3ccc(C(=O)O)cc3)c3ccccc3C2=O)c1. The van der Waals surface area contributed by atoms with Gasteiger partial charge in [0.15, 0.2) is 0 Å². The molecule has 142 valence electrons. The molecular weight excluding hydrogens is 366 g/mol. The number of benzene rings is 3. The first-order valence-corrected chi connectivity index (χ1v) is 9.05. The summed E-state index contributed by atoms with van der Waals surface area (Å²) in [6.07, 6.45) is 1.68. The molecule has 1 aliphatic rings. The molecule has 5 heteroatoms. The molecule has 4 rings (SSSR count). The van der Waals surface area contributed by atoms with Gasteiger partial charge in [0, 0.05) is 11.1 Å². The molecule has 0 radical (unpaired) electrons. The van der Waals surface area contributed by atoms with Crippen LogP contribution < -0.4 is 4.90 Å². The van der Waals surface area contributed by atoms with Gasteiger partial charge < -0.3 is 5.11 Å². The topological polar surface area (TPSA) is 74.7 Å². The van der Waals surface area contributed by atoms with E-state index in [4.69, 9.17) is 5.11 Å². The first-order valence-electron chi connectivity index (χ1n) is 9.05. The normalized spacial score (nSPS) is 14.8. The maximum Gasteiger partial charge on any atom is 0.335 e. The number of aromatic carboxylic acids is 1. The van der Waals surface area contributed by atoms with E-state index in [1.807, 2.05) is 13.0 Å². The number of imide groups is 1. The molecule has 3 aromatic rings. The molecule has 0 saturated carbocycles. The number of hydrogen-bond acceptors (Lipinski definition) is 3. The summed E-state index contributed by atoms with van der Waals surface area (Å²) >= 11 is 0. The van der Waals surface area contributed by atoms with Gasteiger partial charge in [0.25, 0.3) is 11.8 Å². The maximum absolute atomic E-state index is 13.3. The number of nitrogens with zero attached hydrogens (tertiary/aromatic N) is 1. The minimum Gasteiger partial charge on any atom is -0.478 e. The highest BCUT2D eigenvalue weighted by Gasteiger charge is 2.35. The van der Waals surface area contributed by atoms with Crippen molar-refractivity contribution in [1.82, 2.24) is 0 Å². The Morgan fingerprint density at radius 2 is 1.55 bits per heavy atom. The Hall–Kier alpha value is -3.99. The van der Waals surface area contributed by atoms with Crippen LogP contribution in [0, 0.1) is 6.92 Å². The number of aryl methyl sites for hydroxylation is 1. The smallest absolute Gasteiger partial charge is 0.335 e. The number of carboxylic acid groups (broad SMARTS) is 1. The summed E-state index contributed by atoms with van der Waals surface area (Å²) in [5.41, 5.74) is 3.68. The second-order valence-electron chi connectivity index (χ2n) is 6.82. The van der Waals surface area contributed by atoms with Gasteiger partial charge in [-0.2, -0.15) is 0 Å². The van der Waals surface area contributed by atoms with Crippen LogP contribution >= 0.6 is 0 Å². The second kappa shape index (κ2) is 7.20. The minimum atomic E-state index is -1.01. The third-order valence-corrected chi connectivity index (χ3v) is 4.81. The van der Waals surface area contributed by atoms with E-state index < -0.39 is 11.9 Å². The number of hydrogen-bond donors (Lipinski definition) is 1. The summed E-state index contributed by atoms with van der Waals surface area (Å²) in [6, 6.07) is 20.5. The second-order valence-corrected chi connectivity index (χ2v) is 6.82. The van der Waals surface area contributed by atoms with Crippen molar-refractivity contribution < 1.29 is 19.5 Å². The van der Waals surface area contributed by atoms with E-state index in [9.17, 15) is 14.4 Å². The molecule has 0 saturated heterocycles. The Morgan fingerprint density at radius 1 is 0.862 bits per heavy atom. The molecule has 0 bridgehead atoms. The van der Waals surface area contributed by atoms with E-state index in [-0.39, 0.29) is 11.5 Å². The lowest BCUT2D eigenvalue weighted by Gasteiger charge is -2.29. The maximum atomic E-state index is 13.3. The molecule has 0 unspecified atom stereocenters. The molecule has 0 aromatic heterocycles. The predicted molar refractivity (Wildman–Crippen MR) is 111 cm³/mol. The molecule has 29 heavy (non-hydrogen) atoms. The van der Waals surface area contributed by atoms with Crippen LogP contribution in [0.15, 0.2) is 72.8 Å². The molecule has 1 aliphatic heterocycles. The largest absolute Gasteiger partial charge is 0.478 e. The van der Waals surface area contributed by atoms with Crippen LogP contribution in [0.3, 0.4) is 0 Å². The van der Waals surface area contributed by atoms with Crippen LogP contribution in [0.5, 0.6) is 0 Å². The highest BCUT2D eigenvalue weighted by Crippen LogP contribution is 2.33. The van der Waals surface area contributed by atoms with Gasteiger partial charge in [0.05, 0.1) is 11.3 Å². The van der Waals surface area contributed by atoms with Gasteiger partial charge in [-0.25, -0.2) is 9.69 Å². The van der Waals surface area contributed by atoms with Crippen LogP contribution in [0.1, 0.15) is 37.4 Å². The van der Waals surface area contributed by atoms with Gasteiger partial charge in [-0.05, 0) is 60.0 Å². The summed E-state index contributed by atoms with van der Waals surface area (Å²) in [5.74, 6) is -1.80. The molecule has 1 N–H and O–H groups in total. The van der Waals surface area contributed by atoms with Crippen molar-refractivity contribution in [3.05, 3.63) is 101 Å². The third-order valence-electron chi connectivity index (χ3n) is 4.81. The summed E-state index contributed by atoms with van der Waals surface area (Å²) in [5, 5.41) is 9.07. The average molecular weight is 383 g/mol. The zero-order valence-corrected chi connectivity index (χ0v) is 15.6. The van der Waals surface area contributed by atoms with Crippen molar-refractivity contribution >= 4 is 35.1 Å². The van der Waals surface area contributed by atoms with Gasteiger partial charge in [0.2, 0.25) is 0 Å². The Bertz CT molecular complexity index is 1180. The number of rotatable bonds is 3. The molecule has 0 fully saturated rings. The first-order chi connectivity index (χ1) is 14.0. The van der Waals surface area contributed by atoms with Crippen molar-refractivity contribution in [1.29, 1.82) is 0 Å². The van der Waals surface area contributed by atoms with Gasteiger partial charge in [-0.1, -0.05) is 42.5 Å². The number of carbonyl (C=O) groups is 3. The van der Waals surface area contributed by atoms with Crippen LogP contribution in [0.2, 0.25) is 0 Å². The summed E-state index contributed by atoms with van der Waals surface area (Å²) in [4.78, 5) is 38.7. The fraction of sp³-hybridized carbons (Fsp3) is 0.0417. The lowest BCUT2D eigenvalue weighted by atomic mass is 9.91. The third kappa shape index (κ3) is 3.34. The average Bonchev–Trinajstić information content (AvgIpc) is 2.72. The minimum absolute atomic E-state index is 0.166. The van der Waals surface area contributed by atoms with E-state index in [0.29, 0.717) is 28.0 Å². The van der Waals surface area contributed by atoms with E-state index in [2.05, 4.69) is 0 Å². The van der Waals surface area contributed by atoms with E-state index in [1.165, 1.54) is 17.0 Å². The van der Waals surface area contributed by atoms with Crippen LogP contribution in [0.25, 0.3) is 11.6 Å². The summed E-state index contributed by atoms with van der Waals surface area (Å²) in [6.45, 7) is 1.90. The van der Waals surface area contributed by atoms with Gasteiger partial charge >= 0.3 is 5.97 Å². The molecule has 0 atom stereocenters. The Morgan fingerprint density at radius 3 is 2.21 bits per heavy atom. The standard InChI is InChI=1S/C24H17NO4/c1-15-5-4-6-18(13-15)25-22(26)20-8-3-2-7-19(20)21(23(25)27)14-16-9-11-17(12-10-16)24(28)29/h2-14H,1H3,(H,28,29)/b21-14-. The number of carboxylic acids is 1. The fourth-order valence-electron chi connectivity index (χ4n) is 3.38. The van der Waals surface area contributed by atoms with Crippen molar-refractivity contribution in [2.75, 3.05) is 4.90 Å². The van der Waals surface area contributed by atoms with Crippen molar-refractivity contribution in [2.24, 2.45) is 0 Å². The fourth-order valence-corrected chi connectivity index (χ4v) is 3.38. The lowest BCUT2D eigenvalue weighted by molar-refractivity contribution is -0.112. The highest BCUT2D eigenvalue weighted by atomic mass is 16.4. The van der Waals surface area contributed by atoms with Crippen LogP contribution in [0.4, 0.5) is 5.69 Å². The number of carbonyl (C=O) groups excluding carboxylic acids is 2. The summed E-state index contributed by atoms with van der Waals surface area (Å²) < 4.78 is 0. The molecule has 0 aliphatic carbocycles. The Kier molecular flexibility index (Phi) is 4.56. The molecular formula is C24H17NO4. The first kappa shape index (κ1) is 18.4. The van der Waals surface area contributed by atoms with Crippen LogP contribution in [-0.4, -0.2) is 22.9 Å².